The van der Waals surface area contributed by atoms with Gasteiger partial charge in [-0.15, -0.1) is 22.7 Å². The number of hydrogen-bond acceptors (Lipinski definition) is 7. The van der Waals surface area contributed by atoms with Crippen LogP contribution in [0.3, 0.4) is 0 Å². The molecule has 2 aromatic heterocycles. The number of carboxylic acid groups (broad SMARTS) is 1. The van der Waals surface area contributed by atoms with E-state index in [0.29, 0.717) is 27.1 Å². The van der Waals surface area contributed by atoms with Crippen LogP contribution in [0.2, 0.25) is 0 Å². The van der Waals surface area contributed by atoms with Crippen LogP contribution in [-0.4, -0.2) is 70.6 Å². The number of likely N-dealkylation sites (N-methyl/N-ethyl adjacent to an activating group) is 1. The van der Waals surface area contributed by atoms with Crippen molar-refractivity contribution in [3.05, 3.63) is 44.8 Å². The lowest BCUT2D eigenvalue weighted by molar-refractivity contribution is -0.949. The Labute approximate surface area is 175 Å². The number of quaternary nitrogens is 1. The fourth-order valence-electron chi connectivity index (χ4n) is 5.21. The number of rotatable bonds is 6. The van der Waals surface area contributed by atoms with Gasteiger partial charge >= 0.3 is 11.9 Å². The molecule has 154 valence electrons. The summed E-state index contributed by atoms with van der Waals surface area (Å²) in [5.74, 6) is -1.50. The van der Waals surface area contributed by atoms with E-state index in [1.807, 2.05) is 17.8 Å². The minimum absolute atomic E-state index is 0.00998. The van der Waals surface area contributed by atoms with Gasteiger partial charge in [-0.05, 0) is 22.9 Å². The SMILES string of the molecule is C[N+]1(CC(=O)O)[C@@H]2C[C@@H](OC(=O)C(O)(c3cccs3)c3cccs3)C[C@H]1[C@@H]1O[C@@H]12. The van der Waals surface area contributed by atoms with E-state index in [-0.39, 0.29) is 36.9 Å². The lowest BCUT2D eigenvalue weighted by Gasteiger charge is -2.47. The Morgan fingerprint density at radius 1 is 1.17 bits per heavy atom. The number of carbonyl (C=O) groups is 2. The largest absolute Gasteiger partial charge is 0.477 e. The summed E-state index contributed by atoms with van der Waals surface area (Å²) in [5, 5.41) is 24.4. The number of epoxide rings is 1. The third-order valence-electron chi connectivity index (χ3n) is 6.64. The number of aliphatic carboxylic acids is 1. The molecule has 9 heteroatoms. The molecule has 7 nitrogen and oxygen atoms in total. The highest BCUT2D eigenvalue weighted by Crippen LogP contribution is 2.53. The van der Waals surface area contributed by atoms with Gasteiger partial charge in [0, 0.05) is 12.8 Å². The van der Waals surface area contributed by atoms with Gasteiger partial charge in [-0.3, -0.25) is 0 Å². The highest BCUT2D eigenvalue weighted by molar-refractivity contribution is 7.12. The number of carbonyl (C=O) groups excluding carboxylic acids is 1. The first-order chi connectivity index (χ1) is 13.8. The van der Waals surface area contributed by atoms with Gasteiger partial charge in [0.15, 0.2) is 6.54 Å². The molecule has 2 bridgehead atoms. The van der Waals surface area contributed by atoms with Crippen molar-refractivity contribution in [2.75, 3.05) is 13.6 Å². The van der Waals surface area contributed by atoms with E-state index in [9.17, 15) is 19.8 Å². The van der Waals surface area contributed by atoms with Crippen molar-refractivity contribution in [1.82, 2.24) is 0 Å². The highest BCUT2D eigenvalue weighted by atomic mass is 32.1. The monoisotopic (exact) mass is 436 g/mol. The molecule has 0 amide bonds. The molecular weight excluding hydrogens is 414 g/mol. The first-order valence-corrected chi connectivity index (χ1v) is 11.3. The van der Waals surface area contributed by atoms with E-state index in [2.05, 4.69) is 0 Å². The number of fused-ring (bicyclic) bond motifs is 5. The van der Waals surface area contributed by atoms with Gasteiger partial charge in [0.1, 0.15) is 30.4 Å². The standard InChI is InChI=1S/C20H21NO6S2/c1-21(10-16(22)23)12-8-11(9-13(21)18-17(12)27-18)26-19(24)20(25,14-4-2-6-28-14)15-5-3-7-29-15/h2-7,11-13,17-18,25H,8-10H2,1H3/p+1/t11-,12-,13+,17-,18+,21?. The molecular formula is C20H22NO6S2+. The van der Waals surface area contributed by atoms with E-state index in [4.69, 9.17) is 9.47 Å². The first-order valence-electron chi connectivity index (χ1n) is 9.57. The maximum Gasteiger partial charge on any atom is 0.359 e. The van der Waals surface area contributed by atoms with Gasteiger partial charge in [0.05, 0.1) is 16.8 Å². The Balaban J connectivity index is 1.37. The average Bonchev–Trinajstić information content (AvgIpc) is 3.03. The van der Waals surface area contributed by atoms with E-state index < -0.39 is 17.5 Å². The van der Waals surface area contributed by atoms with Gasteiger partial charge in [-0.1, -0.05) is 12.1 Å². The lowest BCUT2D eigenvalue weighted by atomic mass is 9.94. The van der Waals surface area contributed by atoms with E-state index >= 15 is 0 Å². The quantitative estimate of drug-likeness (QED) is 0.407. The fourth-order valence-corrected chi connectivity index (χ4v) is 6.92. The maximum atomic E-state index is 13.2. The van der Waals surface area contributed by atoms with E-state index in [1.54, 1.807) is 24.3 Å². The minimum Gasteiger partial charge on any atom is -0.477 e. The molecule has 0 aliphatic carbocycles. The average molecular weight is 437 g/mol. The molecule has 3 aliphatic rings. The van der Waals surface area contributed by atoms with E-state index in [1.165, 1.54) is 22.7 Å². The summed E-state index contributed by atoms with van der Waals surface area (Å²) >= 11 is 2.63. The normalized spacial score (nSPS) is 35.2. The summed E-state index contributed by atoms with van der Waals surface area (Å²) in [7, 11) is 1.96. The second-order valence-electron chi connectivity index (χ2n) is 8.26. The van der Waals surface area contributed by atoms with Crippen LogP contribution < -0.4 is 0 Å². The lowest BCUT2D eigenvalue weighted by Crippen LogP contribution is -2.64. The number of morpholine rings is 1. The Hall–Kier alpha value is -1.78. The Kier molecular flexibility index (Phi) is 4.38. The first kappa shape index (κ1) is 19.2. The molecule has 0 aromatic carbocycles. The molecule has 0 saturated carbocycles. The Morgan fingerprint density at radius 3 is 2.17 bits per heavy atom. The van der Waals surface area contributed by atoms with Crippen molar-refractivity contribution >= 4 is 34.6 Å². The third-order valence-corrected chi connectivity index (χ3v) is 8.60. The number of piperidine rings is 1. The number of esters is 1. The molecule has 0 spiro atoms. The molecule has 3 saturated heterocycles. The van der Waals surface area contributed by atoms with Crippen LogP contribution in [0.1, 0.15) is 22.6 Å². The summed E-state index contributed by atoms with van der Waals surface area (Å²) in [4.78, 5) is 25.7. The molecule has 1 unspecified atom stereocenters. The second kappa shape index (κ2) is 6.61. The summed E-state index contributed by atoms with van der Waals surface area (Å²) in [6.45, 7) is 0.0423. The molecule has 3 aliphatic heterocycles. The third kappa shape index (κ3) is 2.87. The molecule has 6 atom stereocenters. The van der Waals surface area contributed by atoms with Crippen LogP contribution >= 0.6 is 22.7 Å². The van der Waals surface area contributed by atoms with Crippen molar-refractivity contribution in [1.29, 1.82) is 0 Å². The number of carboxylic acids is 1. The fraction of sp³-hybridized carbons (Fsp3) is 0.500. The predicted octanol–water partition coefficient (Wildman–Crippen LogP) is 1.80. The second-order valence-corrected chi connectivity index (χ2v) is 10.2. The van der Waals surface area contributed by atoms with Crippen LogP contribution in [0.25, 0.3) is 0 Å². The number of nitrogens with zero attached hydrogens (tertiary/aromatic N) is 1. The molecule has 3 fully saturated rings. The topological polar surface area (TPSA) is 96.4 Å². The minimum atomic E-state index is -1.82. The highest BCUT2D eigenvalue weighted by Gasteiger charge is 2.72. The van der Waals surface area contributed by atoms with Gasteiger partial charge in [-0.25, -0.2) is 9.59 Å². The number of thiophene rings is 2. The zero-order chi connectivity index (χ0) is 20.4. The number of ether oxygens (including phenoxy) is 2. The summed E-state index contributed by atoms with van der Waals surface area (Å²) in [6.07, 6.45) is 0.805. The predicted molar refractivity (Wildman–Crippen MR) is 106 cm³/mol. The van der Waals surface area contributed by atoms with Crippen molar-refractivity contribution in [3.63, 3.8) is 0 Å². The molecule has 29 heavy (non-hydrogen) atoms. The molecule has 5 rings (SSSR count). The van der Waals surface area contributed by atoms with Crippen LogP contribution in [0.15, 0.2) is 35.0 Å². The van der Waals surface area contributed by atoms with Crippen LogP contribution in [0.5, 0.6) is 0 Å². The maximum absolute atomic E-state index is 13.2. The number of aliphatic hydroxyl groups is 1. The van der Waals surface area contributed by atoms with E-state index in [0.717, 1.165) is 0 Å². The molecule has 2 N–H and O–H groups in total. The smallest absolute Gasteiger partial charge is 0.359 e. The molecule has 0 radical (unpaired) electrons. The van der Waals surface area contributed by atoms with Crippen LogP contribution in [0, 0.1) is 0 Å². The van der Waals surface area contributed by atoms with Crippen LogP contribution in [0.4, 0.5) is 0 Å². The van der Waals surface area contributed by atoms with Gasteiger partial charge in [-0.2, -0.15) is 0 Å². The zero-order valence-electron chi connectivity index (χ0n) is 15.8. The molecule has 5 heterocycles. The Morgan fingerprint density at radius 2 is 1.72 bits per heavy atom. The van der Waals surface area contributed by atoms with Crippen molar-refractivity contribution < 1.29 is 33.8 Å². The van der Waals surface area contributed by atoms with Gasteiger partial charge in [0.2, 0.25) is 5.60 Å². The van der Waals surface area contributed by atoms with Gasteiger partial charge < -0.3 is 24.2 Å². The molecule has 2 aromatic rings. The summed E-state index contributed by atoms with van der Waals surface area (Å²) in [6, 6.07) is 7.05. The number of hydrogen-bond donors (Lipinski definition) is 2. The zero-order valence-corrected chi connectivity index (χ0v) is 17.4. The van der Waals surface area contributed by atoms with Gasteiger partial charge in [0.25, 0.3) is 0 Å². The summed E-state index contributed by atoms with van der Waals surface area (Å²) < 4.78 is 12.0. The van der Waals surface area contributed by atoms with Crippen molar-refractivity contribution in [2.24, 2.45) is 0 Å². The van der Waals surface area contributed by atoms with Crippen LogP contribution in [-0.2, 0) is 24.7 Å². The van der Waals surface area contributed by atoms with Crippen molar-refractivity contribution in [2.45, 2.75) is 48.8 Å². The van der Waals surface area contributed by atoms with Crippen molar-refractivity contribution in [3.8, 4) is 0 Å². The Bertz CT molecular complexity index is 875. The summed E-state index contributed by atoms with van der Waals surface area (Å²) in [5.41, 5.74) is -1.82.